The summed E-state index contributed by atoms with van der Waals surface area (Å²) in [5.41, 5.74) is -0.604. The molecule has 1 N–H and O–H groups in total. The predicted octanol–water partition coefficient (Wildman–Crippen LogP) is 4.11. The van der Waals surface area contributed by atoms with Crippen molar-refractivity contribution in [3.8, 4) is 0 Å². The Balaban J connectivity index is 1.26. The molecule has 170 valence electrons. The number of piperidine rings is 1. The number of aromatic nitrogens is 1. The first-order valence-electron chi connectivity index (χ1n) is 10.7. The molecule has 1 aliphatic heterocycles. The van der Waals surface area contributed by atoms with E-state index in [1.54, 1.807) is 6.07 Å². The van der Waals surface area contributed by atoms with Gasteiger partial charge in [-0.2, -0.15) is 13.2 Å². The summed E-state index contributed by atoms with van der Waals surface area (Å²) in [6.45, 7) is 3.27. The minimum absolute atomic E-state index is 0.0567. The van der Waals surface area contributed by atoms with Gasteiger partial charge in [0, 0.05) is 36.2 Å². The first-order valence-corrected chi connectivity index (χ1v) is 10.7. The molecule has 2 heterocycles. The van der Waals surface area contributed by atoms with Gasteiger partial charge in [-0.15, -0.1) is 0 Å². The number of alkyl carbamates (subject to hydrolysis) is 1. The Morgan fingerprint density at radius 2 is 1.81 bits per heavy atom. The maximum Gasteiger partial charge on any atom is 0.433 e. The smallest absolute Gasteiger partial charge is 0.433 e. The molecule has 1 aromatic rings. The van der Waals surface area contributed by atoms with E-state index in [0.717, 1.165) is 31.7 Å². The van der Waals surface area contributed by atoms with Crippen molar-refractivity contribution < 1.29 is 27.5 Å². The van der Waals surface area contributed by atoms with Crippen LogP contribution in [0.2, 0.25) is 0 Å². The monoisotopic (exact) mass is 439 g/mol. The summed E-state index contributed by atoms with van der Waals surface area (Å²) < 4.78 is 43.4. The molecule has 2 aliphatic carbocycles. The maximum absolute atomic E-state index is 12.9. The minimum Gasteiger partial charge on any atom is -0.453 e. The summed E-state index contributed by atoms with van der Waals surface area (Å²) in [5, 5.41) is 2.79. The van der Waals surface area contributed by atoms with Gasteiger partial charge in [-0.05, 0) is 63.0 Å². The molecule has 0 aromatic carbocycles. The number of likely N-dealkylation sites (tertiary alicyclic amines) is 1. The lowest BCUT2D eigenvalue weighted by molar-refractivity contribution is -0.144. The number of amides is 2. The average Bonchev–Trinajstić information content (AvgIpc) is 2.69. The van der Waals surface area contributed by atoms with Gasteiger partial charge in [0.1, 0.15) is 5.69 Å². The zero-order valence-corrected chi connectivity index (χ0v) is 17.8. The average molecular weight is 439 g/mol. The lowest BCUT2D eigenvalue weighted by Gasteiger charge is -2.53. The van der Waals surface area contributed by atoms with Crippen LogP contribution in [0, 0.1) is 11.3 Å². The number of halogens is 3. The zero-order valence-electron chi connectivity index (χ0n) is 17.8. The molecule has 1 saturated heterocycles. The van der Waals surface area contributed by atoms with Crippen LogP contribution in [0.3, 0.4) is 0 Å². The summed E-state index contributed by atoms with van der Waals surface area (Å²) in [4.78, 5) is 30.0. The number of hydrogen-bond donors (Lipinski definition) is 1. The van der Waals surface area contributed by atoms with Crippen LogP contribution < -0.4 is 5.32 Å². The fourth-order valence-corrected chi connectivity index (χ4v) is 5.50. The summed E-state index contributed by atoms with van der Waals surface area (Å²) in [5.74, 6) is 0.107. The van der Waals surface area contributed by atoms with Crippen LogP contribution in [-0.4, -0.2) is 47.6 Å². The third kappa shape index (κ3) is 4.36. The van der Waals surface area contributed by atoms with Gasteiger partial charge in [0.2, 0.25) is 5.91 Å². The molecular weight excluding hydrogens is 411 g/mol. The van der Waals surface area contributed by atoms with Gasteiger partial charge in [-0.25, -0.2) is 9.78 Å². The largest absolute Gasteiger partial charge is 0.453 e. The molecule has 0 unspecified atom stereocenters. The number of nitrogens with zero attached hydrogens (tertiary/aromatic N) is 2. The van der Waals surface area contributed by atoms with Gasteiger partial charge in [-0.1, -0.05) is 6.07 Å². The maximum atomic E-state index is 12.9. The van der Waals surface area contributed by atoms with E-state index in [-0.39, 0.29) is 23.2 Å². The molecule has 0 atom stereocenters. The molecule has 2 saturated carbocycles. The molecule has 1 aromatic heterocycles. The minimum atomic E-state index is -4.42. The van der Waals surface area contributed by atoms with Gasteiger partial charge in [0.25, 0.3) is 0 Å². The van der Waals surface area contributed by atoms with Crippen LogP contribution in [0.25, 0.3) is 0 Å². The molecular formula is C22H28F3N3O3. The molecule has 9 heteroatoms. The summed E-state index contributed by atoms with van der Waals surface area (Å²) in [7, 11) is 1.32. The van der Waals surface area contributed by atoms with Crippen LogP contribution in [0.4, 0.5) is 18.0 Å². The van der Waals surface area contributed by atoms with Crippen molar-refractivity contribution in [2.45, 2.75) is 63.1 Å². The molecule has 1 spiro atoms. The quantitative estimate of drug-likeness (QED) is 0.770. The number of hydrogen-bond acceptors (Lipinski definition) is 4. The number of ether oxygens (including phenoxy) is 1. The topological polar surface area (TPSA) is 71.5 Å². The Morgan fingerprint density at radius 1 is 1.16 bits per heavy atom. The van der Waals surface area contributed by atoms with E-state index < -0.39 is 23.5 Å². The Labute approximate surface area is 179 Å². The number of carbonyl (C=O) groups is 2. The van der Waals surface area contributed by atoms with Crippen LogP contribution in [0.15, 0.2) is 18.2 Å². The van der Waals surface area contributed by atoms with Gasteiger partial charge in [0.05, 0.1) is 7.11 Å². The highest BCUT2D eigenvalue weighted by molar-refractivity contribution is 5.81. The predicted molar refractivity (Wildman–Crippen MR) is 106 cm³/mol. The van der Waals surface area contributed by atoms with E-state index >= 15 is 0 Å². The Kier molecular flexibility index (Phi) is 5.42. The van der Waals surface area contributed by atoms with Crippen molar-refractivity contribution in [2.24, 2.45) is 11.3 Å². The Bertz CT molecular complexity index is 851. The molecule has 4 rings (SSSR count). The van der Waals surface area contributed by atoms with Gasteiger partial charge in [0.15, 0.2) is 0 Å². The molecule has 6 nitrogen and oxygen atoms in total. The van der Waals surface area contributed by atoms with Crippen molar-refractivity contribution in [2.75, 3.05) is 20.2 Å². The van der Waals surface area contributed by atoms with Crippen molar-refractivity contribution in [3.63, 3.8) is 0 Å². The molecule has 0 radical (unpaired) electrons. The van der Waals surface area contributed by atoms with E-state index in [0.29, 0.717) is 31.6 Å². The Hall–Kier alpha value is -2.32. The van der Waals surface area contributed by atoms with Gasteiger partial charge >= 0.3 is 12.3 Å². The summed E-state index contributed by atoms with van der Waals surface area (Å²) >= 11 is 0. The van der Waals surface area contributed by atoms with E-state index in [9.17, 15) is 22.8 Å². The number of rotatable bonds is 3. The standard InChI is InChI=1S/C22H28F3N3O3/c1-20(27-19(30)31-2)10-15(11-20)18(29)28-8-6-21(7-9-28)12-14(13-21)16-4-3-5-17(26-16)22(23,24)25/h3-5,14-15H,6-13H2,1-2H3,(H,27,30)/t15-,20+. The molecule has 2 amide bonds. The summed E-state index contributed by atoms with van der Waals surface area (Å²) in [6.07, 6.45) is -0.299. The molecule has 0 bridgehead atoms. The lowest BCUT2D eigenvalue weighted by Crippen LogP contribution is -2.59. The molecule has 31 heavy (non-hydrogen) atoms. The number of alkyl halides is 3. The number of carbonyl (C=O) groups excluding carboxylic acids is 2. The highest BCUT2D eigenvalue weighted by Crippen LogP contribution is 2.56. The lowest BCUT2D eigenvalue weighted by atomic mass is 9.56. The van der Waals surface area contributed by atoms with E-state index in [1.807, 2.05) is 11.8 Å². The van der Waals surface area contributed by atoms with E-state index in [4.69, 9.17) is 0 Å². The van der Waals surface area contributed by atoms with Gasteiger partial charge in [-0.3, -0.25) is 4.79 Å². The Morgan fingerprint density at radius 3 is 2.39 bits per heavy atom. The fraction of sp³-hybridized carbons (Fsp3) is 0.682. The number of methoxy groups -OCH3 is 1. The second-order valence-electron chi connectivity index (χ2n) is 9.66. The van der Waals surface area contributed by atoms with Crippen molar-refractivity contribution in [1.29, 1.82) is 0 Å². The zero-order chi connectivity index (χ0) is 22.4. The summed E-state index contributed by atoms with van der Waals surface area (Å²) in [6, 6.07) is 4.12. The van der Waals surface area contributed by atoms with Crippen LogP contribution in [-0.2, 0) is 15.7 Å². The first-order chi connectivity index (χ1) is 14.5. The molecule has 3 aliphatic rings. The number of pyridine rings is 1. The fourth-order valence-electron chi connectivity index (χ4n) is 5.50. The normalized spacial score (nSPS) is 27.9. The third-order valence-corrected chi connectivity index (χ3v) is 7.31. The van der Waals surface area contributed by atoms with Crippen LogP contribution >= 0.6 is 0 Å². The van der Waals surface area contributed by atoms with E-state index in [1.165, 1.54) is 13.2 Å². The highest BCUT2D eigenvalue weighted by atomic mass is 19.4. The number of nitrogens with one attached hydrogen (secondary N) is 1. The van der Waals surface area contributed by atoms with Crippen LogP contribution in [0.5, 0.6) is 0 Å². The SMILES string of the molecule is COC(=O)N[C@]1(C)C[C@H](C(=O)N2CCC3(CC2)CC(c2cccc(C(F)(F)F)n2)C3)C1. The second kappa shape index (κ2) is 7.67. The van der Waals surface area contributed by atoms with Crippen molar-refractivity contribution >= 4 is 12.0 Å². The third-order valence-electron chi connectivity index (χ3n) is 7.31. The highest BCUT2D eigenvalue weighted by Gasteiger charge is 2.50. The van der Waals surface area contributed by atoms with E-state index in [2.05, 4.69) is 15.0 Å². The van der Waals surface area contributed by atoms with Crippen molar-refractivity contribution in [3.05, 3.63) is 29.6 Å². The first kappa shape index (κ1) is 21.9. The van der Waals surface area contributed by atoms with Crippen LogP contribution in [0.1, 0.15) is 62.8 Å². The van der Waals surface area contributed by atoms with Crippen molar-refractivity contribution in [1.82, 2.24) is 15.2 Å². The van der Waals surface area contributed by atoms with Gasteiger partial charge < -0.3 is 15.0 Å². The molecule has 3 fully saturated rings. The second-order valence-corrected chi connectivity index (χ2v) is 9.66.